The van der Waals surface area contributed by atoms with E-state index in [0.717, 1.165) is 12.8 Å². The van der Waals surface area contributed by atoms with Gasteiger partial charge < -0.3 is 10.0 Å². The van der Waals surface area contributed by atoms with Crippen LogP contribution in [-0.2, 0) is 11.2 Å². The van der Waals surface area contributed by atoms with Gasteiger partial charge in [0, 0.05) is 6.42 Å². The van der Waals surface area contributed by atoms with Crippen molar-refractivity contribution in [3.05, 3.63) is 35.9 Å². The van der Waals surface area contributed by atoms with Crippen LogP contribution in [0.25, 0.3) is 0 Å². The highest BCUT2D eigenvalue weighted by atomic mass is 16.3. The Morgan fingerprint density at radius 3 is 2.59 bits per heavy atom. The Morgan fingerprint density at radius 1 is 1.35 bits per heavy atom. The van der Waals surface area contributed by atoms with Gasteiger partial charge in [0.15, 0.2) is 0 Å². The van der Waals surface area contributed by atoms with Crippen molar-refractivity contribution in [3.63, 3.8) is 0 Å². The average molecular weight is 233 g/mol. The molecule has 1 aromatic carbocycles. The van der Waals surface area contributed by atoms with Crippen LogP contribution < -0.4 is 0 Å². The fourth-order valence-electron chi connectivity index (χ4n) is 2.12. The number of carbonyl (C=O) groups is 1. The van der Waals surface area contributed by atoms with E-state index in [1.54, 1.807) is 4.90 Å². The summed E-state index contributed by atoms with van der Waals surface area (Å²) in [6, 6.07) is 10.0. The molecule has 3 nitrogen and oxygen atoms in total. The second kappa shape index (κ2) is 4.88. The van der Waals surface area contributed by atoms with E-state index < -0.39 is 5.60 Å². The van der Waals surface area contributed by atoms with Crippen LogP contribution in [0.15, 0.2) is 30.3 Å². The first-order chi connectivity index (χ1) is 8.13. The van der Waals surface area contributed by atoms with Gasteiger partial charge in [0.2, 0.25) is 5.91 Å². The molecule has 2 rings (SSSR count). The molecule has 1 amide bonds. The second-order valence-corrected chi connectivity index (χ2v) is 4.81. The van der Waals surface area contributed by atoms with Crippen molar-refractivity contribution < 1.29 is 9.90 Å². The molecule has 0 spiro atoms. The van der Waals surface area contributed by atoms with Crippen molar-refractivity contribution in [2.45, 2.75) is 31.8 Å². The molecule has 1 aromatic rings. The Morgan fingerprint density at radius 2 is 2.00 bits per heavy atom. The van der Waals surface area contributed by atoms with Gasteiger partial charge in [-0.1, -0.05) is 37.3 Å². The molecular formula is C14H19NO2. The van der Waals surface area contributed by atoms with E-state index in [2.05, 4.69) is 0 Å². The van der Waals surface area contributed by atoms with Crippen LogP contribution in [0.4, 0.5) is 0 Å². The largest absolute Gasteiger partial charge is 0.386 e. The van der Waals surface area contributed by atoms with Crippen molar-refractivity contribution in [3.8, 4) is 0 Å². The highest BCUT2D eigenvalue weighted by Crippen LogP contribution is 2.24. The maximum atomic E-state index is 11.8. The predicted molar refractivity (Wildman–Crippen MR) is 66.6 cm³/mol. The van der Waals surface area contributed by atoms with Crippen molar-refractivity contribution in [2.75, 3.05) is 13.1 Å². The molecule has 1 aliphatic rings. The Bertz CT molecular complexity index is 382. The maximum Gasteiger partial charge on any atom is 0.223 e. The van der Waals surface area contributed by atoms with Crippen LogP contribution >= 0.6 is 0 Å². The monoisotopic (exact) mass is 233 g/mol. The molecule has 1 fully saturated rings. The zero-order chi connectivity index (χ0) is 12.3. The van der Waals surface area contributed by atoms with Gasteiger partial charge in [0.05, 0.1) is 18.7 Å². The predicted octanol–water partition coefficient (Wildman–Crippen LogP) is 1.60. The summed E-state index contributed by atoms with van der Waals surface area (Å²) in [7, 11) is 0. The van der Waals surface area contributed by atoms with Crippen molar-refractivity contribution in [2.24, 2.45) is 0 Å². The number of benzene rings is 1. The highest BCUT2D eigenvalue weighted by molar-refractivity contribution is 5.77. The molecule has 0 aromatic heterocycles. The molecule has 1 saturated heterocycles. The summed E-state index contributed by atoms with van der Waals surface area (Å²) in [5.41, 5.74) is 0.565. The number of carbonyl (C=O) groups excluding carboxylic acids is 1. The molecule has 0 saturated carbocycles. The third kappa shape index (κ3) is 2.86. The molecule has 0 radical (unpaired) electrons. The molecule has 0 unspecified atom stereocenters. The van der Waals surface area contributed by atoms with Gasteiger partial charge >= 0.3 is 0 Å². The van der Waals surface area contributed by atoms with E-state index in [1.807, 2.05) is 37.3 Å². The van der Waals surface area contributed by atoms with Gasteiger partial charge in [-0.3, -0.25) is 4.79 Å². The van der Waals surface area contributed by atoms with Gasteiger partial charge in [-0.05, 0) is 18.4 Å². The highest BCUT2D eigenvalue weighted by Gasteiger charge is 2.41. The van der Waals surface area contributed by atoms with Gasteiger partial charge in [-0.15, -0.1) is 0 Å². The quantitative estimate of drug-likeness (QED) is 0.858. The zero-order valence-corrected chi connectivity index (χ0v) is 10.2. The molecular weight excluding hydrogens is 214 g/mol. The SMILES string of the molecule is CCC1(O)CN(C(=O)CCc2ccccc2)C1. The molecule has 3 heteroatoms. The molecule has 0 aliphatic carbocycles. The number of hydrogen-bond acceptors (Lipinski definition) is 2. The Hall–Kier alpha value is -1.35. The van der Waals surface area contributed by atoms with Crippen LogP contribution in [0.1, 0.15) is 25.3 Å². The lowest BCUT2D eigenvalue weighted by Crippen LogP contribution is -2.63. The van der Waals surface area contributed by atoms with Crippen LogP contribution in [0.2, 0.25) is 0 Å². The smallest absolute Gasteiger partial charge is 0.223 e. The van der Waals surface area contributed by atoms with Crippen molar-refractivity contribution in [1.82, 2.24) is 4.90 Å². The van der Waals surface area contributed by atoms with E-state index in [9.17, 15) is 9.90 Å². The third-order valence-corrected chi connectivity index (χ3v) is 3.45. The lowest BCUT2D eigenvalue weighted by Gasteiger charge is -2.46. The number of rotatable bonds is 4. The van der Waals surface area contributed by atoms with Crippen LogP contribution in [0.3, 0.4) is 0 Å². The first-order valence-electron chi connectivity index (χ1n) is 6.17. The Kier molecular flexibility index (Phi) is 3.48. The van der Waals surface area contributed by atoms with E-state index in [0.29, 0.717) is 19.5 Å². The third-order valence-electron chi connectivity index (χ3n) is 3.45. The first kappa shape index (κ1) is 12.1. The molecule has 0 bridgehead atoms. The van der Waals surface area contributed by atoms with Crippen LogP contribution in [0, 0.1) is 0 Å². The minimum absolute atomic E-state index is 0.145. The molecule has 1 aliphatic heterocycles. The van der Waals surface area contributed by atoms with E-state index >= 15 is 0 Å². The number of aryl methyl sites for hydroxylation is 1. The number of nitrogens with zero attached hydrogens (tertiary/aromatic N) is 1. The minimum Gasteiger partial charge on any atom is -0.386 e. The lowest BCUT2D eigenvalue weighted by molar-refractivity contribution is -0.155. The van der Waals surface area contributed by atoms with Crippen LogP contribution in [-0.4, -0.2) is 34.6 Å². The number of hydrogen-bond donors (Lipinski definition) is 1. The second-order valence-electron chi connectivity index (χ2n) is 4.81. The fourth-order valence-corrected chi connectivity index (χ4v) is 2.12. The van der Waals surface area contributed by atoms with Crippen molar-refractivity contribution >= 4 is 5.91 Å². The number of aliphatic hydroxyl groups is 1. The zero-order valence-electron chi connectivity index (χ0n) is 10.2. The fraction of sp³-hybridized carbons (Fsp3) is 0.500. The van der Waals surface area contributed by atoms with E-state index in [-0.39, 0.29) is 5.91 Å². The lowest BCUT2D eigenvalue weighted by atomic mass is 9.91. The van der Waals surface area contributed by atoms with Gasteiger partial charge in [-0.25, -0.2) is 0 Å². The Balaban J connectivity index is 1.76. The Labute approximate surface area is 102 Å². The molecule has 92 valence electrons. The molecule has 1 heterocycles. The maximum absolute atomic E-state index is 11.8. The number of β-amino-alcohol motifs (C(OH)–C–C–N with tert-alkyl or cyclic N) is 1. The van der Waals surface area contributed by atoms with E-state index in [1.165, 1.54) is 5.56 Å². The van der Waals surface area contributed by atoms with Crippen molar-refractivity contribution in [1.29, 1.82) is 0 Å². The first-order valence-corrected chi connectivity index (χ1v) is 6.17. The number of likely N-dealkylation sites (tertiary alicyclic amines) is 1. The summed E-state index contributed by atoms with van der Waals surface area (Å²) in [5, 5.41) is 9.83. The topological polar surface area (TPSA) is 40.5 Å². The minimum atomic E-state index is -0.623. The van der Waals surface area contributed by atoms with E-state index in [4.69, 9.17) is 0 Å². The standard InChI is InChI=1S/C14H19NO2/c1-2-14(17)10-15(11-14)13(16)9-8-12-6-4-3-5-7-12/h3-7,17H,2,8-11H2,1H3. The summed E-state index contributed by atoms with van der Waals surface area (Å²) < 4.78 is 0. The summed E-state index contributed by atoms with van der Waals surface area (Å²) in [6.45, 7) is 2.94. The number of amides is 1. The van der Waals surface area contributed by atoms with Gasteiger partial charge in [-0.2, -0.15) is 0 Å². The molecule has 0 atom stereocenters. The van der Waals surface area contributed by atoms with Gasteiger partial charge in [0.25, 0.3) is 0 Å². The normalized spacial score (nSPS) is 17.6. The molecule has 1 N–H and O–H groups in total. The summed E-state index contributed by atoms with van der Waals surface area (Å²) >= 11 is 0. The molecule has 17 heavy (non-hydrogen) atoms. The average Bonchev–Trinajstić information content (AvgIpc) is 2.33. The summed E-state index contributed by atoms with van der Waals surface area (Å²) in [5.74, 6) is 0.145. The van der Waals surface area contributed by atoms with Gasteiger partial charge in [0.1, 0.15) is 0 Å². The van der Waals surface area contributed by atoms with Crippen LogP contribution in [0.5, 0.6) is 0 Å². The summed E-state index contributed by atoms with van der Waals surface area (Å²) in [6.07, 6.45) is 2.03. The summed E-state index contributed by atoms with van der Waals surface area (Å²) in [4.78, 5) is 13.6.